The Kier molecular flexibility index (Phi) is 5.73. The molecule has 1 N–H and O–H groups in total. The van der Waals surface area contributed by atoms with E-state index < -0.39 is 14.9 Å². The minimum Gasteiger partial charge on any atom is -0.379 e. The van der Waals surface area contributed by atoms with E-state index in [-0.39, 0.29) is 29.4 Å². The van der Waals surface area contributed by atoms with Gasteiger partial charge in [0.15, 0.2) is 0 Å². The summed E-state index contributed by atoms with van der Waals surface area (Å²) in [6.45, 7) is 3.09. The maximum absolute atomic E-state index is 12.8. The highest BCUT2D eigenvalue weighted by atomic mass is 32.2. The van der Waals surface area contributed by atoms with Crippen molar-refractivity contribution in [3.8, 4) is 0 Å². The number of para-hydroxylation sites is 1. The largest absolute Gasteiger partial charge is 0.379 e. The van der Waals surface area contributed by atoms with Crippen LogP contribution in [0.3, 0.4) is 0 Å². The molecule has 0 radical (unpaired) electrons. The van der Waals surface area contributed by atoms with Crippen LogP contribution in [-0.4, -0.2) is 43.9 Å². The molecule has 9 heteroatoms. The number of ether oxygens (including phenoxy) is 1. The normalized spacial score (nSPS) is 15.4. The minimum atomic E-state index is -3.80. The van der Waals surface area contributed by atoms with Gasteiger partial charge in [0.25, 0.3) is 5.69 Å². The average Bonchev–Trinajstić information content (AvgIpc) is 2.69. The van der Waals surface area contributed by atoms with Gasteiger partial charge in [-0.15, -0.1) is 0 Å². The summed E-state index contributed by atoms with van der Waals surface area (Å²) in [5.41, 5.74) is 1.74. The van der Waals surface area contributed by atoms with Crippen molar-refractivity contribution in [1.29, 1.82) is 0 Å². The van der Waals surface area contributed by atoms with Crippen molar-refractivity contribution in [1.82, 2.24) is 4.31 Å². The first kappa shape index (κ1) is 19.3. The standard InChI is InChI=1S/C18H21N3O5S/c1-2-14-5-3-4-6-16(14)19-17-8-7-15(13-18(17)21(22)23)27(24,25)20-9-11-26-12-10-20/h3-8,13,19H,2,9-12H2,1H3. The number of nitro groups is 1. The summed E-state index contributed by atoms with van der Waals surface area (Å²) < 4.78 is 32.0. The lowest BCUT2D eigenvalue weighted by molar-refractivity contribution is -0.384. The van der Waals surface area contributed by atoms with Gasteiger partial charge in [-0.25, -0.2) is 8.42 Å². The number of hydrogen-bond acceptors (Lipinski definition) is 6. The molecule has 3 rings (SSSR count). The van der Waals surface area contributed by atoms with Gasteiger partial charge in [-0.05, 0) is 30.2 Å². The van der Waals surface area contributed by atoms with Crippen LogP contribution in [0.15, 0.2) is 47.4 Å². The van der Waals surface area contributed by atoms with Crippen LogP contribution in [0.2, 0.25) is 0 Å². The van der Waals surface area contributed by atoms with E-state index in [1.807, 2.05) is 31.2 Å². The molecule has 1 heterocycles. The summed E-state index contributed by atoms with van der Waals surface area (Å²) in [6.07, 6.45) is 0.764. The first-order chi connectivity index (χ1) is 12.9. The SMILES string of the molecule is CCc1ccccc1Nc1ccc(S(=O)(=O)N2CCOCC2)cc1[N+](=O)[O-]. The number of nitrogens with one attached hydrogen (secondary N) is 1. The van der Waals surface area contributed by atoms with Crippen LogP contribution in [-0.2, 0) is 21.2 Å². The van der Waals surface area contributed by atoms with Crippen LogP contribution in [0.5, 0.6) is 0 Å². The fraction of sp³-hybridized carbons (Fsp3) is 0.333. The highest BCUT2D eigenvalue weighted by Crippen LogP contribution is 2.32. The minimum absolute atomic E-state index is 0.0922. The summed E-state index contributed by atoms with van der Waals surface area (Å²) >= 11 is 0. The highest BCUT2D eigenvalue weighted by Gasteiger charge is 2.29. The van der Waals surface area contributed by atoms with Gasteiger partial charge >= 0.3 is 0 Å². The summed E-state index contributed by atoms with van der Waals surface area (Å²) in [5, 5.41) is 14.6. The Bertz CT molecular complexity index is 940. The Morgan fingerprint density at radius 2 is 1.85 bits per heavy atom. The van der Waals surface area contributed by atoms with Crippen molar-refractivity contribution in [2.24, 2.45) is 0 Å². The zero-order valence-electron chi connectivity index (χ0n) is 14.9. The smallest absolute Gasteiger partial charge is 0.294 e. The number of benzene rings is 2. The van der Waals surface area contributed by atoms with Crippen LogP contribution < -0.4 is 5.32 Å². The fourth-order valence-corrected chi connectivity index (χ4v) is 4.39. The first-order valence-electron chi connectivity index (χ1n) is 8.64. The molecule has 1 fully saturated rings. The Labute approximate surface area is 158 Å². The third-order valence-electron chi connectivity index (χ3n) is 4.44. The lowest BCUT2D eigenvalue weighted by Crippen LogP contribution is -2.40. The number of aryl methyl sites for hydroxylation is 1. The second-order valence-electron chi connectivity index (χ2n) is 6.09. The average molecular weight is 391 g/mol. The Morgan fingerprint density at radius 3 is 2.52 bits per heavy atom. The van der Waals surface area contributed by atoms with Crippen molar-refractivity contribution in [3.05, 3.63) is 58.1 Å². The second kappa shape index (κ2) is 8.03. The van der Waals surface area contributed by atoms with Gasteiger partial charge in [-0.1, -0.05) is 25.1 Å². The lowest BCUT2D eigenvalue weighted by Gasteiger charge is -2.26. The molecule has 0 bridgehead atoms. The zero-order valence-corrected chi connectivity index (χ0v) is 15.7. The summed E-state index contributed by atoms with van der Waals surface area (Å²) in [6, 6.07) is 11.5. The van der Waals surface area contributed by atoms with E-state index in [0.29, 0.717) is 13.2 Å². The van der Waals surface area contributed by atoms with Gasteiger partial charge in [-0.2, -0.15) is 4.31 Å². The number of nitrogens with zero attached hydrogens (tertiary/aromatic N) is 2. The predicted octanol–water partition coefficient (Wildman–Crippen LogP) is 2.92. The van der Waals surface area contributed by atoms with E-state index in [0.717, 1.165) is 23.7 Å². The van der Waals surface area contributed by atoms with Crippen molar-refractivity contribution in [3.63, 3.8) is 0 Å². The third-order valence-corrected chi connectivity index (χ3v) is 6.34. The Balaban J connectivity index is 1.97. The number of hydrogen-bond donors (Lipinski definition) is 1. The molecule has 144 valence electrons. The topological polar surface area (TPSA) is 102 Å². The maximum atomic E-state index is 12.8. The number of nitro benzene ring substituents is 1. The summed E-state index contributed by atoms with van der Waals surface area (Å²) in [4.78, 5) is 10.9. The molecular weight excluding hydrogens is 370 g/mol. The third kappa shape index (κ3) is 4.10. The monoisotopic (exact) mass is 391 g/mol. The van der Waals surface area contributed by atoms with E-state index in [9.17, 15) is 18.5 Å². The van der Waals surface area contributed by atoms with E-state index >= 15 is 0 Å². The van der Waals surface area contributed by atoms with Crippen LogP contribution in [0.1, 0.15) is 12.5 Å². The number of anilines is 2. The molecular formula is C18H21N3O5S. The van der Waals surface area contributed by atoms with E-state index in [2.05, 4.69) is 5.32 Å². The molecule has 0 spiro atoms. The summed E-state index contributed by atoms with van der Waals surface area (Å²) in [7, 11) is -3.80. The van der Waals surface area contributed by atoms with Gasteiger partial charge in [0, 0.05) is 24.8 Å². The van der Waals surface area contributed by atoms with Gasteiger partial charge in [0.2, 0.25) is 10.0 Å². The molecule has 1 aliphatic heterocycles. The first-order valence-corrected chi connectivity index (χ1v) is 10.1. The van der Waals surface area contributed by atoms with Gasteiger partial charge in [0.1, 0.15) is 5.69 Å². The Morgan fingerprint density at radius 1 is 1.15 bits per heavy atom. The highest BCUT2D eigenvalue weighted by molar-refractivity contribution is 7.89. The van der Waals surface area contributed by atoms with Crippen molar-refractivity contribution >= 4 is 27.1 Å². The van der Waals surface area contributed by atoms with Crippen molar-refractivity contribution < 1.29 is 18.1 Å². The van der Waals surface area contributed by atoms with Crippen molar-refractivity contribution in [2.75, 3.05) is 31.6 Å². The molecule has 1 aliphatic rings. The maximum Gasteiger partial charge on any atom is 0.294 e. The molecule has 0 aromatic heterocycles. The molecule has 27 heavy (non-hydrogen) atoms. The molecule has 8 nitrogen and oxygen atoms in total. The predicted molar refractivity (Wildman–Crippen MR) is 102 cm³/mol. The fourth-order valence-electron chi connectivity index (χ4n) is 2.96. The van der Waals surface area contributed by atoms with Crippen LogP contribution in [0, 0.1) is 10.1 Å². The lowest BCUT2D eigenvalue weighted by atomic mass is 10.1. The molecule has 2 aromatic carbocycles. The van der Waals surface area contributed by atoms with E-state index in [1.54, 1.807) is 0 Å². The molecule has 0 unspecified atom stereocenters. The van der Waals surface area contributed by atoms with E-state index in [1.165, 1.54) is 16.4 Å². The van der Waals surface area contributed by atoms with Gasteiger partial charge in [0.05, 0.1) is 23.0 Å². The molecule has 0 saturated carbocycles. The molecule has 0 aliphatic carbocycles. The van der Waals surface area contributed by atoms with Crippen LogP contribution in [0.4, 0.5) is 17.1 Å². The number of rotatable bonds is 6. The van der Waals surface area contributed by atoms with E-state index in [4.69, 9.17) is 4.74 Å². The van der Waals surface area contributed by atoms with Crippen LogP contribution >= 0.6 is 0 Å². The molecule has 1 saturated heterocycles. The number of morpholine rings is 1. The van der Waals surface area contributed by atoms with Crippen LogP contribution in [0.25, 0.3) is 0 Å². The van der Waals surface area contributed by atoms with Gasteiger partial charge < -0.3 is 10.1 Å². The van der Waals surface area contributed by atoms with Gasteiger partial charge in [-0.3, -0.25) is 10.1 Å². The van der Waals surface area contributed by atoms with Crippen molar-refractivity contribution in [2.45, 2.75) is 18.2 Å². The Hall–Kier alpha value is -2.49. The second-order valence-corrected chi connectivity index (χ2v) is 8.03. The quantitative estimate of drug-likeness (QED) is 0.600. The molecule has 0 amide bonds. The summed E-state index contributed by atoms with van der Waals surface area (Å²) in [5.74, 6) is 0. The molecule has 2 aromatic rings. The zero-order chi connectivity index (χ0) is 19.4. The molecule has 0 atom stereocenters. The number of sulfonamides is 1.